The lowest BCUT2D eigenvalue weighted by atomic mass is 9.97. The molecule has 0 aromatic rings. The van der Waals surface area contributed by atoms with Crippen LogP contribution in [0.3, 0.4) is 0 Å². The number of hydrogen-bond acceptors (Lipinski definition) is 2. The van der Waals surface area contributed by atoms with E-state index >= 15 is 0 Å². The van der Waals surface area contributed by atoms with Crippen molar-refractivity contribution in [2.24, 2.45) is 0 Å². The average molecular weight is 87.9 g/mol. The predicted molar refractivity (Wildman–Crippen MR) is 25.5 cm³/mol. The molecule has 0 aliphatic carbocycles. The Morgan fingerprint density at radius 1 is 1.83 bits per heavy atom. The summed E-state index contributed by atoms with van der Waals surface area (Å²) in [4.78, 5) is 0. The summed E-state index contributed by atoms with van der Waals surface area (Å²) in [6, 6.07) is 0. The predicted octanol–water partition coefficient (Wildman–Crippen LogP) is 0.133. The normalized spacial score (nSPS) is 8.50. The first-order valence-electron chi connectivity index (χ1n) is 2.07. The van der Waals surface area contributed by atoms with Crippen LogP contribution in [0.15, 0.2) is 0 Å². The van der Waals surface area contributed by atoms with Crippen LogP contribution in [0, 0.1) is 0 Å². The van der Waals surface area contributed by atoms with Gasteiger partial charge in [-0.1, -0.05) is 0 Å². The van der Waals surface area contributed by atoms with E-state index in [-0.39, 0.29) is 0 Å². The van der Waals surface area contributed by atoms with Crippen molar-refractivity contribution in [1.82, 2.24) is 0 Å². The third-order valence-corrected chi connectivity index (χ3v) is 0.408. The Bertz CT molecular complexity index is 30.0. The van der Waals surface area contributed by atoms with E-state index in [9.17, 15) is 0 Å². The van der Waals surface area contributed by atoms with Gasteiger partial charge in [0, 0.05) is 6.61 Å². The molecule has 0 saturated heterocycles. The molecule has 0 radical (unpaired) electrons. The summed E-state index contributed by atoms with van der Waals surface area (Å²) in [7, 11) is -0.602. The van der Waals surface area contributed by atoms with Gasteiger partial charge in [-0.25, -0.2) is 0 Å². The van der Waals surface area contributed by atoms with Gasteiger partial charge >= 0.3 is 7.12 Å². The summed E-state index contributed by atoms with van der Waals surface area (Å²) < 4.78 is 4.60. The first-order chi connectivity index (χ1) is 2.77. The maximum absolute atomic E-state index is 8.33. The van der Waals surface area contributed by atoms with Crippen LogP contribution in [0.1, 0.15) is 6.92 Å². The van der Waals surface area contributed by atoms with Crippen molar-refractivity contribution in [2.75, 3.05) is 6.61 Å². The van der Waals surface area contributed by atoms with Crippen molar-refractivity contribution in [1.29, 1.82) is 0 Å². The van der Waals surface area contributed by atoms with Crippen LogP contribution in [0.2, 0.25) is 6.82 Å². The molecule has 0 atom stereocenters. The highest BCUT2D eigenvalue weighted by Gasteiger charge is 1.97. The molecule has 0 amide bonds. The lowest BCUT2D eigenvalue weighted by molar-refractivity contribution is 0.281. The van der Waals surface area contributed by atoms with Crippen LogP contribution in [-0.2, 0) is 4.65 Å². The van der Waals surface area contributed by atoms with Gasteiger partial charge in [-0.3, -0.25) is 0 Å². The Kier molecular flexibility index (Phi) is 3.18. The van der Waals surface area contributed by atoms with E-state index in [4.69, 9.17) is 5.02 Å². The van der Waals surface area contributed by atoms with Crippen LogP contribution in [0.25, 0.3) is 0 Å². The smallest absolute Gasteiger partial charge is 0.427 e. The topological polar surface area (TPSA) is 29.5 Å². The highest BCUT2D eigenvalue weighted by atomic mass is 16.5. The lowest BCUT2D eigenvalue weighted by Gasteiger charge is -1.94. The SMILES string of the molecule is CCOB(C)O. The molecular weight excluding hydrogens is 78.8 g/mol. The van der Waals surface area contributed by atoms with Crippen LogP contribution in [-0.4, -0.2) is 18.7 Å². The molecule has 0 saturated carbocycles. The second kappa shape index (κ2) is 3.19. The second-order valence-electron chi connectivity index (χ2n) is 1.05. The largest absolute Gasteiger partial charge is 0.450 e. The Hall–Kier alpha value is -0.0151. The van der Waals surface area contributed by atoms with E-state index in [1.807, 2.05) is 6.92 Å². The van der Waals surface area contributed by atoms with Crippen LogP contribution >= 0.6 is 0 Å². The van der Waals surface area contributed by atoms with Gasteiger partial charge in [-0.05, 0) is 13.7 Å². The van der Waals surface area contributed by atoms with Crippen molar-refractivity contribution in [3.05, 3.63) is 0 Å². The Morgan fingerprint density at radius 3 is 2.33 bits per heavy atom. The molecule has 0 spiro atoms. The summed E-state index contributed by atoms with van der Waals surface area (Å²) in [6.45, 7) is 4.01. The van der Waals surface area contributed by atoms with Crippen molar-refractivity contribution >= 4 is 7.12 Å². The highest BCUT2D eigenvalue weighted by Crippen LogP contribution is 1.74. The Morgan fingerprint density at radius 2 is 2.33 bits per heavy atom. The van der Waals surface area contributed by atoms with Crippen molar-refractivity contribution in [3.8, 4) is 0 Å². The molecule has 0 aromatic carbocycles. The third kappa shape index (κ3) is 3.98. The number of rotatable bonds is 2. The third-order valence-electron chi connectivity index (χ3n) is 0.408. The molecule has 6 heavy (non-hydrogen) atoms. The number of hydrogen-bond donors (Lipinski definition) is 1. The fourth-order valence-electron chi connectivity index (χ4n) is 0.241. The van der Waals surface area contributed by atoms with E-state index in [1.54, 1.807) is 6.82 Å². The molecule has 36 valence electrons. The highest BCUT2D eigenvalue weighted by molar-refractivity contribution is 6.40. The molecule has 0 heterocycles. The van der Waals surface area contributed by atoms with Gasteiger partial charge in [0.2, 0.25) is 0 Å². The molecule has 1 N–H and O–H groups in total. The van der Waals surface area contributed by atoms with Gasteiger partial charge in [0.1, 0.15) is 0 Å². The zero-order valence-electron chi connectivity index (χ0n) is 4.14. The van der Waals surface area contributed by atoms with Crippen LogP contribution in [0.5, 0.6) is 0 Å². The molecule has 0 bridgehead atoms. The fourth-order valence-corrected chi connectivity index (χ4v) is 0.241. The van der Waals surface area contributed by atoms with Crippen molar-refractivity contribution in [2.45, 2.75) is 13.7 Å². The standard InChI is InChI=1S/C3H9BO2/c1-3-6-4(2)5/h5H,3H2,1-2H3. The van der Waals surface area contributed by atoms with Gasteiger partial charge in [0.15, 0.2) is 0 Å². The summed E-state index contributed by atoms with van der Waals surface area (Å²) >= 11 is 0. The lowest BCUT2D eigenvalue weighted by Crippen LogP contribution is -2.10. The zero-order chi connectivity index (χ0) is 4.99. The zero-order valence-corrected chi connectivity index (χ0v) is 4.14. The maximum Gasteiger partial charge on any atom is 0.450 e. The molecular formula is C3H9BO2. The fraction of sp³-hybridized carbons (Fsp3) is 1.00. The van der Waals surface area contributed by atoms with Crippen molar-refractivity contribution < 1.29 is 9.68 Å². The monoisotopic (exact) mass is 88.1 g/mol. The van der Waals surface area contributed by atoms with Crippen molar-refractivity contribution in [3.63, 3.8) is 0 Å². The van der Waals surface area contributed by atoms with Gasteiger partial charge in [0.05, 0.1) is 0 Å². The summed E-state index contributed by atoms with van der Waals surface area (Å²) in [5, 5.41) is 8.33. The second-order valence-corrected chi connectivity index (χ2v) is 1.05. The molecule has 2 nitrogen and oxygen atoms in total. The summed E-state index contributed by atoms with van der Waals surface area (Å²) in [5.74, 6) is 0. The quantitative estimate of drug-likeness (QED) is 0.486. The molecule has 0 aliphatic rings. The maximum atomic E-state index is 8.33. The Balaban J connectivity index is 2.63. The molecule has 0 fully saturated rings. The van der Waals surface area contributed by atoms with Gasteiger partial charge in [-0.2, -0.15) is 0 Å². The molecule has 0 rings (SSSR count). The molecule has 0 aliphatic heterocycles. The van der Waals surface area contributed by atoms with E-state index in [1.165, 1.54) is 0 Å². The first kappa shape index (κ1) is 5.98. The van der Waals surface area contributed by atoms with E-state index < -0.39 is 7.12 Å². The van der Waals surface area contributed by atoms with Crippen LogP contribution in [0.4, 0.5) is 0 Å². The van der Waals surface area contributed by atoms with E-state index in [0.29, 0.717) is 6.61 Å². The summed E-state index contributed by atoms with van der Waals surface area (Å²) in [6.07, 6.45) is 0. The van der Waals surface area contributed by atoms with Crippen LogP contribution < -0.4 is 0 Å². The van der Waals surface area contributed by atoms with E-state index in [0.717, 1.165) is 0 Å². The molecule has 0 unspecified atom stereocenters. The summed E-state index contributed by atoms with van der Waals surface area (Å²) in [5.41, 5.74) is 0. The first-order valence-corrected chi connectivity index (χ1v) is 2.07. The minimum absolute atomic E-state index is 0.581. The minimum atomic E-state index is -0.602. The van der Waals surface area contributed by atoms with Gasteiger partial charge < -0.3 is 9.68 Å². The molecule has 3 heteroatoms. The van der Waals surface area contributed by atoms with Gasteiger partial charge in [0.25, 0.3) is 0 Å². The minimum Gasteiger partial charge on any atom is -0.427 e. The average Bonchev–Trinajstić information content (AvgIpc) is 1.35. The van der Waals surface area contributed by atoms with E-state index in [2.05, 4.69) is 4.65 Å². The Labute approximate surface area is 38.3 Å². The van der Waals surface area contributed by atoms with Gasteiger partial charge in [-0.15, -0.1) is 0 Å². The molecule has 0 aromatic heterocycles.